The predicted octanol–water partition coefficient (Wildman–Crippen LogP) is 4.15. The molecule has 4 N–H and O–H groups in total. The molecule has 0 saturated heterocycles. The van der Waals surface area contributed by atoms with Crippen LogP contribution in [0, 0.1) is 5.41 Å². The van der Waals surface area contributed by atoms with Crippen LogP contribution in [-0.2, 0) is 0 Å². The minimum atomic E-state index is -0.0679. The molecule has 0 radical (unpaired) electrons. The van der Waals surface area contributed by atoms with Crippen molar-refractivity contribution in [3.8, 4) is 5.75 Å². The Kier molecular flexibility index (Phi) is 4.72. The lowest BCUT2D eigenvalue weighted by atomic mass is 9.95. The van der Waals surface area contributed by atoms with Gasteiger partial charge in [-0.05, 0) is 50.8 Å². The van der Waals surface area contributed by atoms with Gasteiger partial charge in [-0.2, -0.15) is 0 Å². The molecule has 2 saturated carbocycles. The highest BCUT2D eigenvalue weighted by Gasteiger charge is 2.40. The number of nitrogens with one attached hydrogen (secondary N) is 2. The van der Waals surface area contributed by atoms with E-state index in [4.69, 9.17) is 15.9 Å². The van der Waals surface area contributed by atoms with Crippen molar-refractivity contribution in [2.45, 2.75) is 63.5 Å². The fourth-order valence-electron chi connectivity index (χ4n) is 3.54. The average Bonchev–Trinajstić information content (AvgIpc) is 3.40. The Morgan fingerprint density at radius 2 is 1.96 bits per heavy atom. The van der Waals surface area contributed by atoms with E-state index in [2.05, 4.69) is 22.2 Å². The molecule has 2 fully saturated rings. The molecule has 2 aliphatic rings. The summed E-state index contributed by atoms with van der Waals surface area (Å²) in [5, 5.41) is 12.1. The second-order valence-electron chi connectivity index (χ2n) is 7.94. The van der Waals surface area contributed by atoms with Gasteiger partial charge in [-0.25, -0.2) is 9.97 Å². The van der Waals surface area contributed by atoms with Gasteiger partial charge in [0.05, 0.1) is 11.4 Å². The molecule has 0 atom stereocenters. The average molecular weight is 365 g/mol. The lowest BCUT2D eigenvalue weighted by Crippen LogP contribution is -2.23. The Hall–Kier alpha value is -2.63. The highest BCUT2D eigenvalue weighted by molar-refractivity contribution is 6.13. The quantitative estimate of drug-likeness (QED) is 0.528. The fourth-order valence-corrected chi connectivity index (χ4v) is 3.54. The SMILES string of the molecule is CC1(Oc2ccc(N)c(C(=N)c3cc(NC4CCCCC4)ncn3)c2)CC1. The summed E-state index contributed by atoms with van der Waals surface area (Å²) in [6.07, 6.45) is 9.80. The van der Waals surface area contributed by atoms with Crippen LogP contribution < -0.4 is 15.8 Å². The number of ether oxygens (including phenoxy) is 1. The number of anilines is 2. The van der Waals surface area contributed by atoms with Crippen LogP contribution in [0.15, 0.2) is 30.6 Å². The van der Waals surface area contributed by atoms with Crippen molar-refractivity contribution in [3.63, 3.8) is 0 Å². The molecule has 1 aromatic heterocycles. The number of nitrogens with zero attached hydrogens (tertiary/aromatic N) is 2. The lowest BCUT2D eigenvalue weighted by Gasteiger charge is -2.23. The topological polar surface area (TPSA) is 96.9 Å². The van der Waals surface area contributed by atoms with Crippen molar-refractivity contribution in [1.29, 1.82) is 5.41 Å². The first-order valence-electron chi connectivity index (χ1n) is 9.79. The van der Waals surface area contributed by atoms with E-state index in [9.17, 15) is 0 Å². The van der Waals surface area contributed by atoms with Crippen LogP contribution in [0.5, 0.6) is 5.75 Å². The summed E-state index contributed by atoms with van der Waals surface area (Å²) in [4.78, 5) is 8.63. The fraction of sp³-hybridized carbons (Fsp3) is 0.476. The molecule has 1 aromatic carbocycles. The van der Waals surface area contributed by atoms with Crippen LogP contribution >= 0.6 is 0 Å². The van der Waals surface area contributed by atoms with Gasteiger partial charge < -0.3 is 15.8 Å². The molecule has 0 aliphatic heterocycles. The van der Waals surface area contributed by atoms with Crippen LogP contribution in [0.4, 0.5) is 11.5 Å². The number of nitrogens with two attached hydrogens (primary N) is 1. The Morgan fingerprint density at radius 3 is 2.70 bits per heavy atom. The largest absolute Gasteiger partial charge is 0.488 e. The third-order valence-electron chi connectivity index (χ3n) is 5.49. The molecule has 0 unspecified atom stereocenters. The molecule has 6 heteroatoms. The van der Waals surface area contributed by atoms with E-state index in [1.807, 2.05) is 18.2 Å². The molecule has 1 heterocycles. The predicted molar refractivity (Wildman–Crippen MR) is 108 cm³/mol. The maximum absolute atomic E-state index is 8.62. The van der Waals surface area contributed by atoms with E-state index in [0.717, 1.165) is 24.4 Å². The zero-order chi connectivity index (χ0) is 18.9. The van der Waals surface area contributed by atoms with E-state index < -0.39 is 0 Å². The summed E-state index contributed by atoms with van der Waals surface area (Å²) in [5.74, 6) is 1.52. The van der Waals surface area contributed by atoms with E-state index >= 15 is 0 Å². The van der Waals surface area contributed by atoms with Gasteiger partial charge in [-0.3, -0.25) is 5.41 Å². The van der Waals surface area contributed by atoms with Gasteiger partial charge in [-0.1, -0.05) is 19.3 Å². The second-order valence-corrected chi connectivity index (χ2v) is 7.94. The maximum atomic E-state index is 8.62. The standard InChI is InChI=1S/C21H27N5O/c1-21(9-10-21)27-15-7-8-17(22)16(11-15)20(23)18-12-19(25-13-24-18)26-14-5-3-2-4-6-14/h7-8,11-14,23H,2-6,9-10,22H2,1H3,(H,24,25,26). The zero-order valence-corrected chi connectivity index (χ0v) is 15.8. The summed E-state index contributed by atoms with van der Waals surface area (Å²) in [6, 6.07) is 7.81. The molecule has 2 aromatic rings. The Morgan fingerprint density at radius 1 is 1.19 bits per heavy atom. The summed E-state index contributed by atoms with van der Waals surface area (Å²) in [5.41, 5.74) is 8.10. The third kappa shape index (κ3) is 4.21. The molecule has 6 nitrogen and oxygen atoms in total. The Labute approximate surface area is 160 Å². The van der Waals surface area contributed by atoms with Gasteiger partial charge in [-0.15, -0.1) is 0 Å². The smallest absolute Gasteiger partial charge is 0.130 e. The van der Waals surface area contributed by atoms with E-state index in [0.29, 0.717) is 23.0 Å². The van der Waals surface area contributed by atoms with Crippen molar-refractivity contribution in [2.75, 3.05) is 11.1 Å². The molecule has 0 amide bonds. The molecule has 0 spiro atoms. The van der Waals surface area contributed by atoms with Crippen molar-refractivity contribution in [1.82, 2.24) is 9.97 Å². The zero-order valence-electron chi connectivity index (χ0n) is 15.8. The van der Waals surface area contributed by atoms with Gasteiger partial charge >= 0.3 is 0 Å². The lowest BCUT2D eigenvalue weighted by molar-refractivity contribution is 0.200. The number of benzene rings is 1. The summed E-state index contributed by atoms with van der Waals surface area (Å²) in [7, 11) is 0. The third-order valence-corrected chi connectivity index (χ3v) is 5.49. The molecule has 142 valence electrons. The number of hydrogen-bond acceptors (Lipinski definition) is 6. The summed E-state index contributed by atoms with van der Waals surface area (Å²) in [6.45, 7) is 2.10. The van der Waals surface area contributed by atoms with Gasteiger partial charge in [0.15, 0.2) is 0 Å². The molecular formula is C21H27N5O. The first kappa shape index (κ1) is 17.8. The number of hydrogen-bond donors (Lipinski definition) is 3. The van der Waals surface area contributed by atoms with Crippen molar-refractivity contribution < 1.29 is 4.74 Å². The van der Waals surface area contributed by atoms with Crippen LogP contribution in [-0.4, -0.2) is 27.3 Å². The molecule has 2 aliphatic carbocycles. The van der Waals surface area contributed by atoms with Crippen LogP contribution in [0.3, 0.4) is 0 Å². The van der Waals surface area contributed by atoms with E-state index in [-0.39, 0.29) is 11.3 Å². The van der Waals surface area contributed by atoms with Crippen molar-refractivity contribution in [2.24, 2.45) is 0 Å². The molecule has 0 bridgehead atoms. The number of aromatic nitrogens is 2. The number of nitrogen functional groups attached to an aromatic ring is 1. The minimum absolute atomic E-state index is 0.0679. The van der Waals surface area contributed by atoms with Crippen LogP contribution in [0.1, 0.15) is 63.1 Å². The molecular weight excluding hydrogens is 338 g/mol. The molecule has 27 heavy (non-hydrogen) atoms. The van der Waals surface area contributed by atoms with Crippen molar-refractivity contribution >= 4 is 17.2 Å². The van der Waals surface area contributed by atoms with E-state index in [1.165, 1.54) is 38.4 Å². The first-order valence-corrected chi connectivity index (χ1v) is 9.79. The van der Waals surface area contributed by atoms with Gasteiger partial charge in [0.2, 0.25) is 0 Å². The molecule has 4 rings (SSSR count). The maximum Gasteiger partial charge on any atom is 0.130 e. The van der Waals surface area contributed by atoms with Gasteiger partial charge in [0.1, 0.15) is 23.5 Å². The van der Waals surface area contributed by atoms with E-state index in [1.54, 1.807) is 6.07 Å². The Bertz CT molecular complexity index is 840. The van der Waals surface area contributed by atoms with Crippen LogP contribution in [0.2, 0.25) is 0 Å². The first-order chi connectivity index (χ1) is 13.0. The highest BCUT2D eigenvalue weighted by atomic mass is 16.5. The monoisotopic (exact) mass is 365 g/mol. The minimum Gasteiger partial charge on any atom is -0.488 e. The summed E-state index contributed by atoms with van der Waals surface area (Å²) < 4.78 is 6.02. The number of rotatable bonds is 6. The van der Waals surface area contributed by atoms with Gasteiger partial charge in [0, 0.05) is 23.4 Å². The van der Waals surface area contributed by atoms with Crippen molar-refractivity contribution in [3.05, 3.63) is 41.9 Å². The normalized spacial score (nSPS) is 18.7. The highest BCUT2D eigenvalue weighted by Crippen LogP contribution is 2.40. The second kappa shape index (κ2) is 7.18. The van der Waals surface area contributed by atoms with Gasteiger partial charge in [0.25, 0.3) is 0 Å². The summed E-state index contributed by atoms with van der Waals surface area (Å²) >= 11 is 0. The van der Waals surface area contributed by atoms with Crippen LogP contribution in [0.25, 0.3) is 0 Å². The Balaban J connectivity index is 1.53.